The lowest BCUT2D eigenvalue weighted by molar-refractivity contribution is -0.120. The van der Waals surface area contributed by atoms with Gasteiger partial charge in [0.05, 0.1) is 6.54 Å². The Labute approximate surface area is 91.3 Å². The molecule has 5 N–H and O–H groups in total. The van der Waals surface area contributed by atoms with E-state index in [1.54, 1.807) is 0 Å². The van der Waals surface area contributed by atoms with Crippen molar-refractivity contribution in [1.29, 1.82) is 5.41 Å². The highest BCUT2D eigenvalue weighted by molar-refractivity contribution is 5.83. The Bertz CT molecular complexity index is 194. The average molecular weight is 214 g/mol. The van der Waals surface area contributed by atoms with Crippen LogP contribution in [-0.4, -0.2) is 25.0 Å². The molecule has 0 bridgehead atoms. The van der Waals surface area contributed by atoms with Crippen molar-refractivity contribution in [3.63, 3.8) is 0 Å². The van der Waals surface area contributed by atoms with Gasteiger partial charge in [-0.3, -0.25) is 10.2 Å². The second kappa shape index (κ2) is 9.30. The zero-order valence-electron chi connectivity index (χ0n) is 9.44. The zero-order valence-corrected chi connectivity index (χ0v) is 9.44. The minimum atomic E-state index is -0.173. The summed E-state index contributed by atoms with van der Waals surface area (Å²) in [5.74, 6) is -0.284. The van der Waals surface area contributed by atoms with Gasteiger partial charge < -0.3 is 16.4 Å². The predicted molar refractivity (Wildman–Crippen MR) is 61.7 cm³/mol. The molecule has 0 heterocycles. The number of nitrogens with one attached hydrogen (secondary N) is 3. The van der Waals surface area contributed by atoms with Crippen molar-refractivity contribution in [3.05, 3.63) is 0 Å². The van der Waals surface area contributed by atoms with E-state index < -0.39 is 0 Å². The maximum absolute atomic E-state index is 11.1. The molecular weight excluding hydrogens is 192 g/mol. The summed E-state index contributed by atoms with van der Waals surface area (Å²) in [6.45, 7) is 2.97. The summed E-state index contributed by atoms with van der Waals surface area (Å²) in [6, 6.07) is 0. The Hall–Kier alpha value is -1.26. The van der Waals surface area contributed by atoms with E-state index in [0.717, 1.165) is 12.8 Å². The van der Waals surface area contributed by atoms with E-state index in [9.17, 15) is 4.79 Å². The molecule has 0 aliphatic carbocycles. The van der Waals surface area contributed by atoms with Crippen LogP contribution >= 0.6 is 0 Å². The molecule has 0 aliphatic heterocycles. The molecule has 0 rings (SSSR count). The topological polar surface area (TPSA) is 91.0 Å². The monoisotopic (exact) mass is 214 g/mol. The van der Waals surface area contributed by atoms with Gasteiger partial charge in [-0.25, -0.2) is 0 Å². The normalized spacial score (nSPS) is 9.67. The Balaban J connectivity index is 3.20. The third-order valence-electron chi connectivity index (χ3n) is 2.04. The standard InChI is InChI=1S/C10H22N4O/c1-2-3-4-5-6-7-13-9(15)8-14-10(11)12/h2-8H2,1H3,(H,13,15)(H4,11,12,14). The van der Waals surface area contributed by atoms with Crippen molar-refractivity contribution in [1.82, 2.24) is 10.6 Å². The van der Waals surface area contributed by atoms with Crippen LogP contribution in [0, 0.1) is 5.41 Å². The highest BCUT2D eigenvalue weighted by Gasteiger charge is 1.99. The summed E-state index contributed by atoms with van der Waals surface area (Å²) in [4.78, 5) is 11.1. The highest BCUT2D eigenvalue weighted by Crippen LogP contribution is 2.00. The first-order valence-corrected chi connectivity index (χ1v) is 5.51. The molecule has 5 nitrogen and oxygen atoms in total. The van der Waals surface area contributed by atoms with Crippen molar-refractivity contribution in [2.24, 2.45) is 5.73 Å². The van der Waals surface area contributed by atoms with E-state index >= 15 is 0 Å². The quantitative estimate of drug-likeness (QED) is 0.270. The maximum atomic E-state index is 11.1. The molecule has 0 radical (unpaired) electrons. The fourth-order valence-electron chi connectivity index (χ4n) is 1.19. The molecule has 0 spiro atoms. The lowest BCUT2D eigenvalue weighted by Gasteiger charge is -2.05. The van der Waals surface area contributed by atoms with Gasteiger partial charge in [-0.15, -0.1) is 0 Å². The van der Waals surface area contributed by atoms with Gasteiger partial charge in [-0.05, 0) is 6.42 Å². The number of rotatable bonds is 8. The van der Waals surface area contributed by atoms with Gasteiger partial charge in [0, 0.05) is 6.54 Å². The number of unbranched alkanes of at least 4 members (excludes halogenated alkanes) is 4. The van der Waals surface area contributed by atoms with Crippen molar-refractivity contribution in [2.75, 3.05) is 13.1 Å². The van der Waals surface area contributed by atoms with Gasteiger partial charge in [0.2, 0.25) is 5.91 Å². The Morgan fingerprint density at radius 1 is 1.20 bits per heavy atom. The lowest BCUT2D eigenvalue weighted by atomic mass is 10.1. The predicted octanol–water partition coefficient (Wildman–Crippen LogP) is 0.556. The summed E-state index contributed by atoms with van der Waals surface area (Å²) in [7, 11) is 0. The molecule has 1 amide bonds. The second-order valence-electron chi connectivity index (χ2n) is 3.53. The lowest BCUT2D eigenvalue weighted by Crippen LogP contribution is -2.40. The summed E-state index contributed by atoms with van der Waals surface area (Å²) >= 11 is 0. The largest absolute Gasteiger partial charge is 0.370 e. The molecule has 0 atom stereocenters. The number of guanidine groups is 1. The van der Waals surface area contributed by atoms with Crippen LogP contribution in [0.1, 0.15) is 39.0 Å². The molecule has 0 aromatic rings. The molecule has 0 fully saturated rings. The van der Waals surface area contributed by atoms with E-state index in [0.29, 0.717) is 6.54 Å². The average Bonchev–Trinajstić information content (AvgIpc) is 2.20. The minimum Gasteiger partial charge on any atom is -0.370 e. The number of nitrogens with two attached hydrogens (primary N) is 1. The maximum Gasteiger partial charge on any atom is 0.239 e. The molecule has 15 heavy (non-hydrogen) atoms. The van der Waals surface area contributed by atoms with Gasteiger partial charge in [0.25, 0.3) is 0 Å². The SMILES string of the molecule is CCCCCCCNC(=O)CNC(=N)N. The van der Waals surface area contributed by atoms with Crippen LogP contribution < -0.4 is 16.4 Å². The molecule has 0 saturated heterocycles. The first-order valence-electron chi connectivity index (χ1n) is 5.51. The van der Waals surface area contributed by atoms with E-state index in [1.165, 1.54) is 19.3 Å². The van der Waals surface area contributed by atoms with Crippen LogP contribution in [0.5, 0.6) is 0 Å². The first kappa shape index (κ1) is 13.7. The van der Waals surface area contributed by atoms with Crippen LogP contribution in [-0.2, 0) is 4.79 Å². The van der Waals surface area contributed by atoms with Crippen LogP contribution in [0.25, 0.3) is 0 Å². The van der Waals surface area contributed by atoms with Crippen molar-refractivity contribution in [2.45, 2.75) is 39.0 Å². The molecular formula is C10H22N4O. The molecule has 0 aromatic carbocycles. The zero-order chi connectivity index (χ0) is 11.5. The molecule has 0 unspecified atom stereocenters. The number of hydrogen-bond acceptors (Lipinski definition) is 2. The smallest absolute Gasteiger partial charge is 0.239 e. The van der Waals surface area contributed by atoms with Gasteiger partial charge in [-0.1, -0.05) is 32.6 Å². The Morgan fingerprint density at radius 2 is 1.87 bits per heavy atom. The van der Waals surface area contributed by atoms with Crippen molar-refractivity contribution in [3.8, 4) is 0 Å². The first-order chi connectivity index (χ1) is 7.16. The third-order valence-corrected chi connectivity index (χ3v) is 2.04. The van der Waals surface area contributed by atoms with E-state index in [1.807, 2.05) is 0 Å². The van der Waals surface area contributed by atoms with E-state index in [-0.39, 0.29) is 18.4 Å². The van der Waals surface area contributed by atoms with Crippen LogP contribution in [0.4, 0.5) is 0 Å². The minimum absolute atomic E-state index is 0.0876. The van der Waals surface area contributed by atoms with Crippen molar-refractivity contribution >= 4 is 11.9 Å². The molecule has 88 valence electrons. The van der Waals surface area contributed by atoms with Crippen LogP contribution in [0.2, 0.25) is 0 Å². The fourth-order valence-corrected chi connectivity index (χ4v) is 1.19. The second-order valence-corrected chi connectivity index (χ2v) is 3.53. The molecule has 0 saturated carbocycles. The summed E-state index contributed by atoms with van der Waals surface area (Å²) in [6.07, 6.45) is 5.91. The number of carbonyl (C=O) groups excluding carboxylic acids is 1. The summed E-state index contributed by atoms with van der Waals surface area (Å²) in [5.41, 5.74) is 5.04. The Morgan fingerprint density at radius 3 is 2.47 bits per heavy atom. The fraction of sp³-hybridized carbons (Fsp3) is 0.800. The van der Waals surface area contributed by atoms with Gasteiger partial charge >= 0.3 is 0 Å². The third kappa shape index (κ3) is 10.7. The van der Waals surface area contributed by atoms with Gasteiger partial charge in [-0.2, -0.15) is 0 Å². The van der Waals surface area contributed by atoms with Gasteiger partial charge in [0.15, 0.2) is 5.96 Å². The Kier molecular flexibility index (Phi) is 8.52. The highest BCUT2D eigenvalue weighted by atomic mass is 16.1. The summed E-state index contributed by atoms with van der Waals surface area (Å²) in [5, 5.41) is 12.1. The van der Waals surface area contributed by atoms with E-state index in [2.05, 4.69) is 17.6 Å². The van der Waals surface area contributed by atoms with Crippen LogP contribution in [0.3, 0.4) is 0 Å². The van der Waals surface area contributed by atoms with E-state index in [4.69, 9.17) is 11.1 Å². The van der Waals surface area contributed by atoms with Crippen molar-refractivity contribution < 1.29 is 4.79 Å². The van der Waals surface area contributed by atoms with Gasteiger partial charge in [0.1, 0.15) is 0 Å². The molecule has 0 aromatic heterocycles. The van der Waals surface area contributed by atoms with Crippen LogP contribution in [0.15, 0.2) is 0 Å². The summed E-state index contributed by atoms with van der Waals surface area (Å²) < 4.78 is 0. The number of carbonyl (C=O) groups is 1. The number of hydrogen-bond donors (Lipinski definition) is 4. The number of amides is 1. The molecule has 5 heteroatoms. The molecule has 0 aliphatic rings.